The van der Waals surface area contributed by atoms with Gasteiger partial charge in [0.05, 0.1) is 0 Å². The molecule has 0 amide bonds. The summed E-state index contributed by atoms with van der Waals surface area (Å²) in [6, 6.07) is 8.71. The molecule has 1 aromatic carbocycles. The van der Waals surface area contributed by atoms with Gasteiger partial charge in [0.2, 0.25) is 0 Å². The van der Waals surface area contributed by atoms with Crippen molar-refractivity contribution in [2.75, 3.05) is 19.7 Å². The van der Waals surface area contributed by atoms with Crippen molar-refractivity contribution < 1.29 is 9.47 Å². The maximum atomic E-state index is 5.52. The second-order valence-electron chi connectivity index (χ2n) is 4.96. The predicted molar refractivity (Wildman–Crippen MR) is 69.9 cm³/mol. The number of benzene rings is 1. The summed E-state index contributed by atoms with van der Waals surface area (Å²) in [6.45, 7) is 4.16. The molecule has 0 bridgehead atoms. The van der Waals surface area contributed by atoms with Gasteiger partial charge in [-0.1, -0.05) is 24.3 Å². The SMILES string of the molecule is C1=CO[C@@H](c2ccc(CN3CCCC3)cc2)CO1. The van der Waals surface area contributed by atoms with Gasteiger partial charge in [-0.3, -0.25) is 4.90 Å². The Morgan fingerprint density at radius 2 is 1.83 bits per heavy atom. The Balaban J connectivity index is 1.62. The largest absolute Gasteiger partial charge is 0.494 e. The minimum atomic E-state index is 0.0378. The number of hydrogen-bond donors (Lipinski definition) is 0. The summed E-state index contributed by atoms with van der Waals surface area (Å²) in [5, 5.41) is 0. The fraction of sp³-hybridized carbons (Fsp3) is 0.467. The van der Waals surface area contributed by atoms with Crippen LogP contribution in [0.4, 0.5) is 0 Å². The van der Waals surface area contributed by atoms with Gasteiger partial charge in [-0.05, 0) is 37.1 Å². The Kier molecular flexibility index (Phi) is 3.51. The van der Waals surface area contributed by atoms with E-state index >= 15 is 0 Å². The van der Waals surface area contributed by atoms with Crippen LogP contribution in [-0.4, -0.2) is 24.6 Å². The average molecular weight is 245 g/mol. The number of hydrogen-bond acceptors (Lipinski definition) is 3. The monoisotopic (exact) mass is 245 g/mol. The third kappa shape index (κ3) is 2.67. The highest BCUT2D eigenvalue weighted by Gasteiger charge is 2.15. The highest BCUT2D eigenvalue weighted by molar-refractivity contribution is 5.24. The molecule has 3 nitrogen and oxygen atoms in total. The van der Waals surface area contributed by atoms with Crippen molar-refractivity contribution in [2.24, 2.45) is 0 Å². The highest BCUT2D eigenvalue weighted by Crippen LogP contribution is 2.22. The van der Waals surface area contributed by atoms with Crippen LogP contribution in [0.2, 0.25) is 0 Å². The summed E-state index contributed by atoms with van der Waals surface area (Å²) in [6.07, 6.45) is 5.94. The zero-order chi connectivity index (χ0) is 12.2. The molecule has 0 aromatic heterocycles. The maximum Gasteiger partial charge on any atom is 0.157 e. The minimum Gasteiger partial charge on any atom is -0.494 e. The molecule has 0 aliphatic carbocycles. The molecule has 0 unspecified atom stereocenters. The van der Waals surface area contributed by atoms with Crippen LogP contribution >= 0.6 is 0 Å². The van der Waals surface area contributed by atoms with Gasteiger partial charge in [-0.2, -0.15) is 0 Å². The van der Waals surface area contributed by atoms with E-state index in [-0.39, 0.29) is 6.10 Å². The molecule has 96 valence electrons. The molecule has 1 fully saturated rings. The lowest BCUT2D eigenvalue weighted by Gasteiger charge is -2.20. The van der Waals surface area contributed by atoms with Gasteiger partial charge in [-0.15, -0.1) is 0 Å². The summed E-state index contributed by atoms with van der Waals surface area (Å²) in [5.41, 5.74) is 2.57. The minimum absolute atomic E-state index is 0.0378. The number of rotatable bonds is 3. The van der Waals surface area contributed by atoms with E-state index in [1.54, 1.807) is 12.5 Å². The van der Waals surface area contributed by atoms with Crippen molar-refractivity contribution in [3.05, 3.63) is 47.9 Å². The van der Waals surface area contributed by atoms with Gasteiger partial charge in [0.25, 0.3) is 0 Å². The molecule has 2 aliphatic heterocycles. The first-order chi connectivity index (χ1) is 8.92. The highest BCUT2D eigenvalue weighted by atomic mass is 16.6. The lowest BCUT2D eigenvalue weighted by molar-refractivity contribution is 0.0326. The van der Waals surface area contributed by atoms with Crippen LogP contribution in [-0.2, 0) is 16.0 Å². The Morgan fingerprint density at radius 3 is 2.50 bits per heavy atom. The molecule has 3 heteroatoms. The molecule has 0 spiro atoms. The molecule has 1 aromatic rings. The molecular formula is C15H19NO2. The lowest BCUT2D eigenvalue weighted by Crippen LogP contribution is -2.18. The number of likely N-dealkylation sites (tertiary alicyclic amines) is 1. The zero-order valence-corrected chi connectivity index (χ0v) is 10.5. The molecule has 2 heterocycles. The fourth-order valence-corrected chi connectivity index (χ4v) is 2.56. The lowest BCUT2D eigenvalue weighted by atomic mass is 10.1. The van der Waals surface area contributed by atoms with E-state index < -0.39 is 0 Å². The third-order valence-corrected chi connectivity index (χ3v) is 3.60. The zero-order valence-electron chi connectivity index (χ0n) is 10.5. The van der Waals surface area contributed by atoms with Gasteiger partial charge < -0.3 is 9.47 Å². The van der Waals surface area contributed by atoms with Gasteiger partial charge in [0.15, 0.2) is 6.10 Å². The fourth-order valence-electron chi connectivity index (χ4n) is 2.56. The quantitative estimate of drug-likeness (QED) is 0.817. The van der Waals surface area contributed by atoms with Gasteiger partial charge in [0.1, 0.15) is 19.1 Å². The molecule has 1 atom stereocenters. The van der Waals surface area contributed by atoms with E-state index in [1.165, 1.54) is 37.1 Å². The van der Waals surface area contributed by atoms with E-state index in [0.717, 1.165) is 6.54 Å². The molecule has 3 rings (SSSR count). The summed E-state index contributed by atoms with van der Waals surface area (Å²) in [7, 11) is 0. The third-order valence-electron chi connectivity index (χ3n) is 3.60. The van der Waals surface area contributed by atoms with E-state index in [2.05, 4.69) is 29.2 Å². The topological polar surface area (TPSA) is 21.7 Å². The number of nitrogens with zero attached hydrogens (tertiary/aromatic N) is 1. The first kappa shape index (κ1) is 11.6. The van der Waals surface area contributed by atoms with Crippen LogP contribution in [0.1, 0.15) is 30.1 Å². The summed E-state index contributed by atoms with van der Waals surface area (Å²) >= 11 is 0. The predicted octanol–water partition coefficient (Wildman–Crippen LogP) is 2.84. The normalized spacial score (nSPS) is 23.7. The van der Waals surface area contributed by atoms with Crippen LogP contribution < -0.4 is 0 Å². The summed E-state index contributed by atoms with van der Waals surface area (Å²) < 4.78 is 10.8. The molecular weight excluding hydrogens is 226 g/mol. The van der Waals surface area contributed by atoms with Gasteiger partial charge >= 0.3 is 0 Å². The molecule has 0 saturated carbocycles. The van der Waals surface area contributed by atoms with E-state index in [0.29, 0.717) is 6.61 Å². The molecule has 18 heavy (non-hydrogen) atoms. The Labute approximate surface area is 108 Å². The Morgan fingerprint density at radius 1 is 1.06 bits per heavy atom. The Hall–Kier alpha value is -1.48. The van der Waals surface area contributed by atoms with Crippen molar-refractivity contribution in [3.8, 4) is 0 Å². The van der Waals surface area contributed by atoms with Gasteiger partial charge in [-0.25, -0.2) is 0 Å². The maximum absolute atomic E-state index is 5.52. The van der Waals surface area contributed by atoms with Crippen LogP contribution in [0, 0.1) is 0 Å². The van der Waals surface area contributed by atoms with Crippen LogP contribution in [0.25, 0.3) is 0 Å². The van der Waals surface area contributed by atoms with Crippen molar-refractivity contribution in [2.45, 2.75) is 25.5 Å². The van der Waals surface area contributed by atoms with Gasteiger partial charge in [0, 0.05) is 6.54 Å². The van der Waals surface area contributed by atoms with Crippen LogP contribution in [0.15, 0.2) is 36.8 Å². The standard InChI is InChI=1S/C15H19NO2/c1-2-8-16(7-1)11-13-3-5-14(6-4-13)15-12-17-9-10-18-15/h3-6,9-10,15H,1-2,7-8,11-12H2/t15-/m1/s1. The Bertz CT molecular complexity index is 407. The number of ether oxygens (including phenoxy) is 2. The van der Waals surface area contributed by atoms with Crippen molar-refractivity contribution in [1.82, 2.24) is 4.90 Å². The van der Waals surface area contributed by atoms with Crippen molar-refractivity contribution in [3.63, 3.8) is 0 Å². The van der Waals surface area contributed by atoms with Crippen LogP contribution in [0.5, 0.6) is 0 Å². The molecule has 1 saturated heterocycles. The molecule has 2 aliphatic rings. The average Bonchev–Trinajstić information content (AvgIpc) is 2.94. The second-order valence-corrected chi connectivity index (χ2v) is 4.96. The summed E-state index contributed by atoms with van der Waals surface area (Å²) in [4.78, 5) is 2.51. The van der Waals surface area contributed by atoms with Crippen molar-refractivity contribution in [1.29, 1.82) is 0 Å². The smallest absolute Gasteiger partial charge is 0.157 e. The van der Waals surface area contributed by atoms with E-state index in [1.807, 2.05) is 0 Å². The van der Waals surface area contributed by atoms with E-state index in [9.17, 15) is 0 Å². The van der Waals surface area contributed by atoms with Crippen LogP contribution in [0.3, 0.4) is 0 Å². The molecule has 0 N–H and O–H groups in total. The second kappa shape index (κ2) is 5.44. The summed E-state index contributed by atoms with van der Waals surface area (Å²) in [5.74, 6) is 0. The van der Waals surface area contributed by atoms with E-state index in [4.69, 9.17) is 9.47 Å². The molecule has 0 radical (unpaired) electrons. The van der Waals surface area contributed by atoms with Crippen molar-refractivity contribution >= 4 is 0 Å². The first-order valence-corrected chi connectivity index (χ1v) is 6.65. The first-order valence-electron chi connectivity index (χ1n) is 6.65.